The molecule has 1 aliphatic heterocycles. The third-order valence-electron chi connectivity index (χ3n) is 3.70. The van der Waals surface area contributed by atoms with Crippen LogP contribution < -0.4 is 0 Å². The fourth-order valence-electron chi connectivity index (χ4n) is 2.53. The minimum absolute atomic E-state index is 0.147. The molecule has 1 fully saturated rings. The maximum absolute atomic E-state index is 5.91. The number of nitrogens with zero attached hydrogens (tertiary/aromatic N) is 2. The third kappa shape index (κ3) is 3.11. The van der Waals surface area contributed by atoms with Crippen LogP contribution in [-0.4, -0.2) is 34.8 Å². The summed E-state index contributed by atoms with van der Waals surface area (Å²) in [6.45, 7) is 5.65. The molecule has 4 nitrogen and oxygen atoms in total. The molecule has 106 valence electrons. The van der Waals surface area contributed by atoms with E-state index < -0.39 is 0 Å². The van der Waals surface area contributed by atoms with Gasteiger partial charge in [-0.1, -0.05) is 28.1 Å². The van der Waals surface area contributed by atoms with Crippen LogP contribution in [0.1, 0.15) is 22.9 Å². The summed E-state index contributed by atoms with van der Waals surface area (Å²) < 4.78 is 7.01. The summed E-state index contributed by atoms with van der Waals surface area (Å²) in [4.78, 5) is 2.42. The lowest BCUT2D eigenvalue weighted by Crippen LogP contribution is -2.37. The first-order valence-corrected chi connectivity index (χ1v) is 7.60. The Morgan fingerprint density at radius 1 is 1.50 bits per heavy atom. The highest BCUT2D eigenvalue weighted by Crippen LogP contribution is 2.25. The molecular weight excluding hydrogens is 318 g/mol. The number of halogens is 1. The number of hydrogen-bond donors (Lipinski definition) is 1. The minimum atomic E-state index is 0.147. The smallest absolute Gasteiger partial charge is 0.0952 e. The Morgan fingerprint density at radius 3 is 3.15 bits per heavy atom. The lowest BCUT2D eigenvalue weighted by molar-refractivity contribution is -0.0330. The Morgan fingerprint density at radius 2 is 2.40 bits per heavy atom. The van der Waals surface area contributed by atoms with Crippen molar-refractivity contribution in [2.75, 3.05) is 19.7 Å². The van der Waals surface area contributed by atoms with E-state index in [-0.39, 0.29) is 6.10 Å². The highest BCUT2D eigenvalue weighted by Gasteiger charge is 2.22. The van der Waals surface area contributed by atoms with E-state index in [4.69, 9.17) is 4.74 Å². The number of aromatic amines is 1. The molecule has 0 aliphatic carbocycles. The topological polar surface area (TPSA) is 41.2 Å². The first kappa shape index (κ1) is 13.8. The van der Waals surface area contributed by atoms with Gasteiger partial charge in [0, 0.05) is 35.4 Å². The molecule has 5 heteroatoms. The molecule has 0 bridgehead atoms. The van der Waals surface area contributed by atoms with Crippen molar-refractivity contribution < 1.29 is 4.74 Å². The lowest BCUT2D eigenvalue weighted by atomic mass is 10.1. The monoisotopic (exact) mass is 335 g/mol. The van der Waals surface area contributed by atoms with Crippen molar-refractivity contribution in [1.82, 2.24) is 15.1 Å². The van der Waals surface area contributed by atoms with E-state index >= 15 is 0 Å². The Hall–Kier alpha value is -1.17. The van der Waals surface area contributed by atoms with Crippen molar-refractivity contribution >= 4 is 15.9 Å². The van der Waals surface area contributed by atoms with Crippen molar-refractivity contribution in [3.05, 3.63) is 51.8 Å². The average molecular weight is 336 g/mol. The Balaban J connectivity index is 1.69. The molecule has 0 amide bonds. The SMILES string of the molecule is Cc1[nH]ncc1CN1CCO[C@H](c2cccc(Br)c2)C1. The highest BCUT2D eigenvalue weighted by atomic mass is 79.9. The second-order valence-electron chi connectivity index (χ2n) is 5.17. The largest absolute Gasteiger partial charge is 0.371 e. The van der Waals surface area contributed by atoms with Crippen LogP contribution in [0, 0.1) is 6.92 Å². The highest BCUT2D eigenvalue weighted by molar-refractivity contribution is 9.10. The van der Waals surface area contributed by atoms with Gasteiger partial charge in [0.25, 0.3) is 0 Å². The van der Waals surface area contributed by atoms with E-state index in [1.807, 2.05) is 12.3 Å². The second-order valence-corrected chi connectivity index (χ2v) is 6.09. The maximum Gasteiger partial charge on any atom is 0.0952 e. The predicted octanol–water partition coefficient (Wildman–Crippen LogP) is 3.05. The van der Waals surface area contributed by atoms with E-state index in [9.17, 15) is 0 Å². The molecule has 1 atom stereocenters. The van der Waals surface area contributed by atoms with Gasteiger partial charge in [0.2, 0.25) is 0 Å². The van der Waals surface area contributed by atoms with Gasteiger partial charge in [0.15, 0.2) is 0 Å². The fourth-order valence-corrected chi connectivity index (χ4v) is 2.95. The molecule has 1 N–H and O–H groups in total. The van der Waals surface area contributed by atoms with E-state index in [2.05, 4.69) is 56.2 Å². The van der Waals surface area contributed by atoms with Gasteiger partial charge in [0.1, 0.15) is 0 Å². The number of rotatable bonds is 3. The molecule has 0 spiro atoms. The summed E-state index contributed by atoms with van der Waals surface area (Å²) in [5.41, 5.74) is 3.64. The standard InChI is InChI=1S/C15H18BrN3O/c1-11-13(8-17-18-11)9-19-5-6-20-15(10-19)12-3-2-4-14(16)7-12/h2-4,7-8,15H,5-6,9-10H2,1H3,(H,17,18)/t15-/m0/s1. The maximum atomic E-state index is 5.91. The molecule has 0 radical (unpaired) electrons. The van der Waals surface area contributed by atoms with Crippen molar-refractivity contribution in [3.8, 4) is 0 Å². The van der Waals surface area contributed by atoms with Gasteiger partial charge in [-0.2, -0.15) is 5.10 Å². The van der Waals surface area contributed by atoms with Gasteiger partial charge in [-0.05, 0) is 24.6 Å². The number of nitrogens with one attached hydrogen (secondary N) is 1. The molecule has 2 aromatic rings. The normalized spacial score (nSPS) is 20.2. The van der Waals surface area contributed by atoms with Gasteiger partial charge < -0.3 is 4.74 Å². The summed E-state index contributed by atoms with van der Waals surface area (Å²) >= 11 is 3.52. The van der Waals surface area contributed by atoms with Gasteiger partial charge in [0.05, 0.1) is 18.9 Å². The molecule has 1 aromatic carbocycles. The van der Waals surface area contributed by atoms with Crippen molar-refractivity contribution in [2.24, 2.45) is 0 Å². The molecule has 1 aliphatic rings. The molecule has 0 saturated carbocycles. The molecule has 1 aromatic heterocycles. The number of aryl methyl sites for hydroxylation is 1. The summed E-state index contributed by atoms with van der Waals surface area (Å²) in [5.74, 6) is 0. The number of H-pyrrole nitrogens is 1. The molecule has 3 rings (SSSR count). The Labute approximate surface area is 127 Å². The number of hydrogen-bond acceptors (Lipinski definition) is 3. The van der Waals surface area contributed by atoms with Gasteiger partial charge in [-0.15, -0.1) is 0 Å². The molecule has 20 heavy (non-hydrogen) atoms. The van der Waals surface area contributed by atoms with Crippen LogP contribution in [0.3, 0.4) is 0 Å². The summed E-state index contributed by atoms with van der Waals surface area (Å²) in [6.07, 6.45) is 2.06. The van der Waals surface area contributed by atoms with E-state index in [1.165, 1.54) is 11.1 Å². The summed E-state index contributed by atoms with van der Waals surface area (Å²) in [5, 5.41) is 7.08. The van der Waals surface area contributed by atoms with Crippen LogP contribution in [-0.2, 0) is 11.3 Å². The molecular formula is C15H18BrN3O. The Kier molecular flexibility index (Phi) is 4.19. The van der Waals surface area contributed by atoms with Crippen LogP contribution in [0.4, 0.5) is 0 Å². The molecule has 2 heterocycles. The Bertz CT molecular complexity index is 584. The zero-order chi connectivity index (χ0) is 13.9. The van der Waals surface area contributed by atoms with Gasteiger partial charge in [-0.25, -0.2) is 0 Å². The van der Waals surface area contributed by atoms with Crippen molar-refractivity contribution in [3.63, 3.8) is 0 Å². The van der Waals surface area contributed by atoms with Crippen molar-refractivity contribution in [2.45, 2.75) is 19.6 Å². The third-order valence-corrected chi connectivity index (χ3v) is 4.19. The first-order valence-electron chi connectivity index (χ1n) is 6.80. The van der Waals surface area contributed by atoms with E-state index in [0.717, 1.165) is 36.4 Å². The zero-order valence-electron chi connectivity index (χ0n) is 11.5. The number of ether oxygens (including phenoxy) is 1. The average Bonchev–Trinajstić information content (AvgIpc) is 2.85. The van der Waals surface area contributed by atoms with E-state index in [0.29, 0.717) is 0 Å². The quantitative estimate of drug-likeness (QED) is 0.937. The van der Waals surface area contributed by atoms with Crippen LogP contribution in [0.5, 0.6) is 0 Å². The number of benzene rings is 1. The zero-order valence-corrected chi connectivity index (χ0v) is 13.1. The van der Waals surface area contributed by atoms with Crippen LogP contribution in [0.2, 0.25) is 0 Å². The predicted molar refractivity (Wildman–Crippen MR) is 81.4 cm³/mol. The van der Waals surface area contributed by atoms with Crippen molar-refractivity contribution in [1.29, 1.82) is 0 Å². The van der Waals surface area contributed by atoms with Crippen LogP contribution in [0.15, 0.2) is 34.9 Å². The van der Waals surface area contributed by atoms with Gasteiger partial charge >= 0.3 is 0 Å². The fraction of sp³-hybridized carbons (Fsp3) is 0.400. The minimum Gasteiger partial charge on any atom is -0.371 e. The van der Waals surface area contributed by atoms with Crippen LogP contribution in [0.25, 0.3) is 0 Å². The molecule has 0 unspecified atom stereocenters. The lowest BCUT2D eigenvalue weighted by Gasteiger charge is -2.33. The van der Waals surface area contributed by atoms with Gasteiger partial charge in [-0.3, -0.25) is 10.00 Å². The summed E-state index contributed by atoms with van der Waals surface area (Å²) in [7, 11) is 0. The number of morpholine rings is 1. The van der Waals surface area contributed by atoms with E-state index in [1.54, 1.807) is 0 Å². The van der Waals surface area contributed by atoms with Crippen LogP contribution >= 0.6 is 15.9 Å². The summed E-state index contributed by atoms with van der Waals surface area (Å²) in [6, 6.07) is 8.36. The number of aromatic nitrogens is 2. The second kappa shape index (κ2) is 6.08. The molecule has 1 saturated heterocycles. The first-order chi connectivity index (χ1) is 9.72.